The minimum Gasteiger partial charge on any atom is -0.481 e. The van der Waals surface area contributed by atoms with Gasteiger partial charge in [-0.3, -0.25) is 9.89 Å². The smallest absolute Gasteiger partial charge is 0.254 e. The van der Waals surface area contributed by atoms with Gasteiger partial charge in [-0.1, -0.05) is 6.07 Å². The summed E-state index contributed by atoms with van der Waals surface area (Å²) in [6, 6.07) is 3.64. The van der Waals surface area contributed by atoms with Gasteiger partial charge in [0, 0.05) is 24.5 Å². The van der Waals surface area contributed by atoms with Crippen molar-refractivity contribution in [2.45, 2.75) is 6.54 Å². The highest BCUT2D eigenvalue weighted by molar-refractivity contribution is 5.93. The van der Waals surface area contributed by atoms with Crippen LogP contribution in [0.4, 0.5) is 0 Å². The topological polar surface area (TPSA) is 79.9 Å². The number of ether oxygens (including phenoxy) is 1. The molecule has 2 aromatic rings. The number of aromatic nitrogens is 3. The molecule has 0 bridgehead atoms. The Labute approximate surface area is 98.0 Å². The molecular weight excluding hydrogens is 220 g/mol. The van der Waals surface area contributed by atoms with Gasteiger partial charge < -0.3 is 10.1 Å². The van der Waals surface area contributed by atoms with Crippen molar-refractivity contribution < 1.29 is 9.53 Å². The van der Waals surface area contributed by atoms with Crippen LogP contribution in [0.3, 0.4) is 0 Å². The van der Waals surface area contributed by atoms with Crippen LogP contribution in [0.15, 0.2) is 30.7 Å². The molecule has 0 spiro atoms. The molecule has 2 heterocycles. The summed E-state index contributed by atoms with van der Waals surface area (Å²) in [6.45, 7) is 0.362. The molecule has 0 unspecified atom stereocenters. The first kappa shape index (κ1) is 11.1. The Morgan fingerprint density at radius 1 is 1.59 bits per heavy atom. The summed E-state index contributed by atoms with van der Waals surface area (Å²) < 4.78 is 5.09. The third kappa shape index (κ3) is 2.60. The van der Waals surface area contributed by atoms with E-state index in [1.807, 2.05) is 6.07 Å². The first-order valence-electron chi connectivity index (χ1n) is 5.06. The number of rotatable bonds is 4. The number of methoxy groups -OCH3 is 1. The predicted molar refractivity (Wildman–Crippen MR) is 60.5 cm³/mol. The fourth-order valence-electron chi connectivity index (χ4n) is 1.40. The maximum Gasteiger partial charge on any atom is 0.254 e. The van der Waals surface area contributed by atoms with E-state index in [2.05, 4.69) is 20.5 Å². The van der Waals surface area contributed by atoms with Crippen LogP contribution in [-0.4, -0.2) is 28.2 Å². The van der Waals surface area contributed by atoms with Crippen molar-refractivity contribution in [1.82, 2.24) is 20.5 Å². The van der Waals surface area contributed by atoms with E-state index in [9.17, 15) is 4.79 Å². The number of H-pyrrole nitrogens is 1. The van der Waals surface area contributed by atoms with E-state index in [0.29, 0.717) is 18.0 Å². The molecule has 17 heavy (non-hydrogen) atoms. The van der Waals surface area contributed by atoms with Gasteiger partial charge in [-0.2, -0.15) is 5.10 Å². The zero-order valence-corrected chi connectivity index (χ0v) is 9.30. The number of hydrogen-bond donors (Lipinski definition) is 2. The van der Waals surface area contributed by atoms with Gasteiger partial charge in [0.2, 0.25) is 5.88 Å². The summed E-state index contributed by atoms with van der Waals surface area (Å²) in [5.74, 6) is 0.324. The standard InChI is InChI=1S/C11H12N4O2/c1-17-11-8(3-2-4-12-11)5-13-10(16)9-6-14-15-7-9/h2-4,6-7H,5H2,1H3,(H,13,16)(H,14,15). The maximum absolute atomic E-state index is 11.6. The highest BCUT2D eigenvalue weighted by Gasteiger charge is 2.08. The van der Waals surface area contributed by atoms with Crippen LogP contribution in [0.5, 0.6) is 5.88 Å². The number of nitrogens with one attached hydrogen (secondary N) is 2. The van der Waals surface area contributed by atoms with E-state index in [1.54, 1.807) is 19.4 Å². The summed E-state index contributed by atoms with van der Waals surface area (Å²) in [5, 5.41) is 9.05. The molecule has 6 heteroatoms. The van der Waals surface area contributed by atoms with E-state index in [-0.39, 0.29) is 5.91 Å². The Balaban J connectivity index is 2.00. The Morgan fingerprint density at radius 2 is 2.47 bits per heavy atom. The van der Waals surface area contributed by atoms with Crippen molar-refractivity contribution in [1.29, 1.82) is 0 Å². The molecule has 0 radical (unpaired) electrons. The van der Waals surface area contributed by atoms with Crippen LogP contribution in [0.1, 0.15) is 15.9 Å². The first-order valence-corrected chi connectivity index (χ1v) is 5.06. The third-order valence-electron chi connectivity index (χ3n) is 2.24. The highest BCUT2D eigenvalue weighted by Crippen LogP contribution is 2.12. The van der Waals surface area contributed by atoms with Crippen LogP contribution in [0, 0.1) is 0 Å². The summed E-state index contributed by atoms with van der Waals surface area (Å²) in [5.41, 5.74) is 1.32. The monoisotopic (exact) mass is 232 g/mol. The predicted octanol–water partition coefficient (Wildman–Crippen LogP) is 0.743. The molecule has 0 aliphatic rings. The van der Waals surface area contributed by atoms with E-state index in [0.717, 1.165) is 5.56 Å². The Bertz CT molecular complexity index is 496. The fourth-order valence-corrected chi connectivity index (χ4v) is 1.40. The minimum absolute atomic E-state index is 0.190. The molecule has 2 N–H and O–H groups in total. The van der Waals surface area contributed by atoms with Crippen LogP contribution in [0.25, 0.3) is 0 Å². The fraction of sp³-hybridized carbons (Fsp3) is 0.182. The van der Waals surface area contributed by atoms with Crippen molar-refractivity contribution in [3.63, 3.8) is 0 Å². The second kappa shape index (κ2) is 5.11. The molecule has 0 aliphatic carbocycles. The lowest BCUT2D eigenvalue weighted by atomic mass is 10.2. The first-order chi connectivity index (χ1) is 8.31. The van der Waals surface area contributed by atoms with E-state index in [1.165, 1.54) is 12.4 Å². The summed E-state index contributed by atoms with van der Waals surface area (Å²) >= 11 is 0. The molecule has 2 rings (SSSR count). The van der Waals surface area contributed by atoms with Crippen LogP contribution < -0.4 is 10.1 Å². The Kier molecular flexibility index (Phi) is 3.34. The average molecular weight is 232 g/mol. The molecule has 1 amide bonds. The molecule has 88 valence electrons. The number of amides is 1. The second-order valence-electron chi connectivity index (χ2n) is 3.34. The van der Waals surface area contributed by atoms with Gasteiger partial charge in [-0.05, 0) is 6.07 Å². The minimum atomic E-state index is -0.190. The van der Waals surface area contributed by atoms with Gasteiger partial charge in [0.15, 0.2) is 0 Å². The third-order valence-corrected chi connectivity index (χ3v) is 2.24. The number of carbonyl (C=O) groups excluding carboxylic acids is 1. The van der Waals surface area contributed by atoms with Crippen molar-refractivity contribution in [2.75, 3.05) is 7.11 Å². The Hall–Kier alpha value is -2.37. The number of carbonyl (C=O) groups is 1. The van der Waals surface area contributed by atoms with E-state index in [4.69, 9.17) is 4.74 Å². The number of nitrogens with zero attached hydrogens (tertiary/aromatic N) is 2. The average Bonchev–Trinajstić information content (AvgIpc) is 2.90. The normalized spacial score (nSPS) is 9.94. The lowest BCUT2D eigenvalue weighted by Gasteiger charge is -2.07. The molecular formula is C11H12N4O2. The molecule has 0 atom stereocenters. The zero-order valence-electron chi connectivity index (χ0n) is 9.30. The largest absolute Gasteiger partial charge is 0.481 e. The zero-order chi connectivity index (χ0) is 12.1. The molecule has 0 saturated carbocycles. The SMILES string of the molecule is COc1ncccc1CNC(=O)c1cn[nH]c1. The van der Waals surface area contributed by atoms with Crippen LogP contribution >= 0.6 is 0 Å². The van der Waals surface area contributed by atoms with Gasteiger partial charge in [-0.15, -0.1) is 0 Å². The molecule has 6 nitrogen and oxygen atoms in total. The number of hydrogen-bond acceptors (Lipinski definition) is 4. The van der Waals surface area contributed by atoms with Crippen molar-refractivity contribution in [3.8, 4) is 5.88 Å². The molecule has 0 aromatic carbocycles. The van der Waals surface area contributed by atoms with Gasteiger partial charge >= 0.3 is 0 Å². The Morgan fingerprint density at radius 3 is 3.18 bits per heavy atom. The van der Waals surface area contributed by atoms with Crippen LogP contribution in [-0.2, 0) is 6.54 Å². The van der Waals surface area contributed by atoms with Gasteiger partial charge in [0.25, 0.3) is 5.91 Å². The highest BCUT2D eigenvalue weighted by atomic mass is 16.5. The summed E-state index contributed by atoms with van der Waals surface area (Å²) in [6.07, 6.45) is 4.64. The quantitative estimate of drug-likeness (QED) is 0.815. The summed E-state index contributed by atoms with van der Waals surface area (Å²) in [4.78, 5) is 15.7. The lowest BCUT2D eigenvalue weighted by molar-refractivity contribution is 0.0950. The van der Waals surface area contributed by atoms with Gasteiger partial charge in [-0.25, -0.2) is 4.98 Å². The summed E-state index contributed by atoms with van der Waals surface area (Å²) in [7, 11) is 1.55. The lowest BCUT2D eigenvalue weighted by Crippen LogP contribution is -2.22. The number of pyridine rings is 1. The molecule has 0 saturated heterocycles. The second-order valence-corrected chi connectivity index (χ2v) is 3.34. The van der Waals surface area contributed by atoms with Crippen molar-refractivity contribution in [2.24, 2.45) is 0 Å². The molecule has 2 aromatic heterocycles. The van der Waals surface area contributed by atoms with Crippen molar-refractivity contribution in [3.05, 3.63) is 41.9 Å². The number of aromatic amines is 1. The van der Waals surface area contributed by atoms with E-state index >= 15 is 0 Å². The van der Waals surface area contributed by atoms with Gasteiger partial charge in [0.05, 0.1) is 18.9 Å². The molecule has 0 aliphatic heterocycles. The van der Waals surface area contributed by atoms with Crippen molar-refractivity contribution >= 4 is 5.91 Å². The molecule has 0 fully saturated rings. The van der Waals surface area contributed by atoms with E-state index < -0.39 is 0 Å². The van der Waals surface area contributed by atoms with Gasteiger partial charge in [0.1, 0.15) is 0 Å². The maximum atomic E-state index is 11.6. The van der Waals surface area contributed by atoms with Crippen LogP contribution in [0.2, 0.25) is 0 Å².